The fraction of sp³-hybridized carbons (Fsp3) is 0.379. The number of benzene rings is 2. The Balaban J connectivity index is 0.00000384. The average Bonchev–Trinajstić information content (AvgIpc) is 3.57. The summed E-state index contributed by atoms with van der Waals surface area (Å²) >= 11 is 0. The van der Waals surface area contributed by atoms with E-state index < -0.39 is 29.5 Å². The number of nitrogens with zero attached hydrogens (tertiary/aromatic N) is 7. The molecule has 2 aliphatic rings. The maximum absolute atomic E-state index is 13.7. The SMILES string of the molecule is Cl.Cn1nnc(N(Cc2cc(C(F)(F)F)cc(C(F)(F)F)c2)C2CCCN(Cc3ccncc3)c3cc4c(cc32)COC4)n1. The van der Waals surface area contributed by atoms with E-state index in [0.717, 1.165) is 40.1 Å². The van der Waals surface area contributed by atoms with E-state index >= 15 is 0 Å². The number of aromatic nitrogens is 5. The van der Waals surface area contributed by atoms with Crippen molar-refractivity contribution in [1.82, 2.24) is 25.2 Å². The van der Waals surface area contributed by atoms with E-state index in [1.54, 1.807) is 24.3 Å². The molecule has 0 fully saturated rings. The van der Waals surface area contributed by atoms with E-state index in [4.69, 9.17) is 4.74 Å². The third-order valence-electron chi connectivity index (χ3n) is 7.72. The predicted octanol–water partition coefficient (Wildman–Crippen LogP) is 6.64. The first-order valence-electron chi connectivity index (χ1n) is 13.6. The highest BCUT2D eigenvalue weighted by Crippen LogP contribution is 2.43. The van der Waals surface area contributed by atoms with Gasteiger partial charge in [0.05, 0.1) is 37.4 Å². The van der Waals surface area contributed by atoms with Gasteiger partial charge in [-0.2, -0.15) is 31.1 Å². The number of aryl methyl sites for hydroxylation is 1. The average molecular weight is 640 g/mol. The third-order valence-corrected chi connectivity index (χ3v) is 7.72. The van der Waals surface area contributed by atoms with E-state index in [1.807, 2.05) is 18.2 Å². The normalized spacial score (nSPS) is 16.6. The van der Waals surface area contributed by atoms with Crippen molar-refractivity contribution in [1.29, 1.82) is 0 Å². The molecule has 0 amide bonds. The number of halogens is 7. The zero-order valence-electron chi connectivity index (χ0n) is 23.4. The van der Waals surface area contributed by atoms with Crippen LogP contribution in [0.5, 0.6) is 0 Å². The Morgan fingerprint density at radius 3 is 2.18 bits per heavy atom. The molecule has 6 rings (SSSR count). The van der Waals surface area contributed by atoms with Crippen LogP contribution in [0, 0.1) is 0 Å². The van der Waals surface area contributed by atoms with Crippen molar-refractivity contribution in [2.45, 2.75) is 57.5 Å². The van der Waals surface area contributed by atoms with Crippen molar-refractivity contribution in [2.24, 2.45) is 7.05 Å². The van der Waals surface area contributed by atoms with Gasteiger partial charge in [-0.15, -0.1) is 17.5 Å². The van der Waals surface area contributed by atoms with Gasteiger partial charge in [0.15, 0.2) is 0 Å². The Bertz CT molecular complexity index is 1580. The molecular formula is C29H28ClF6N7O. The second-order valence-electron chi connectivity index (χ2n) is 10.7. The molecule has 0 saturated heterocycles. The lowest BCUT2D eigenvalue weighted by Gasteiger charge is -2.33. The van der Waals surface area contributed by atoms with Crippen molar-refractivity contribution in [2.75, 3.05) is 16.3 Å². The van der Waals surface area contributed by atoms with Crippen LogP contribution in [0.25, 0.3) is 0 Å². The highest BCUT2D eigenvalue weighted by molar-refractivity contribution is 5.85. The smallest absolute Gasteiger partial charge is 0.372 e. The standard InChI is InChI=1S/C29H27F6N7O.ClH/c1-40-38-27(37-39-40)42(15-19-9-22(28(30,31)32)13-23(10-19)29(33,34)35)25-3-2-8-41(14-18-4-6-36-7-5-18)26-12-21-17-43-16-20(21)11-24(25)26;/h4-7,9-13,25H,2-3,8,14-17H2,1H3;1H. The molecule has 4 heterocycles. The first kappa shape index (κ1) is 31.5. The second-order valence-corrected chi connectivity index (χ2v) is 10.7. The molecule has 1 atom stereocenters. The lowest BCUT2D eigenvalue weighted by molar-refractivity contribution is -0.143. The molecule has 44 heavy (non-hydrogen) atoms. The van der Waals surface area contributed by atoms with E-state index in [9.17, 15) is 26.3 Å². The van der Waals surface area contributed by atoms with E-state index in [0.29, 0.717) is 39.1 Å². The van der Waals surface area contributed by atoms with Crippen molar-refractivity contribution in [3.8, 4) is 0 Å². The number of pyridine rings is 1. The Kier molecular flexibility index (Phi) is 8.76. The fourth-order valence-corrected chi connectivity index (χ4v) is 5.74. The number of anilines is 2. The summed E-state index contributed by atoms with van der Waals surface area (Å²) in [7, 11) is 1.54. The summed E-state index contributed by atoms with van der Waals surface area (Å²) < 4.78 is 88.0. The minimum atomic E-state index is -4.96. The number of alkyl halides is 6. The van der Waals surface area contributed by atoms with Crippen LogP contribution < -0.4 is 9.80 Å². The van der Waals surface area contributed by atoms with Gasteiger partial charge in [0.1, 0.15) is 0 Å². The first-order chi connectivity index (χ1) is 20.5. The van der Waals surface area contributed by atoms with E-state index in [1.165, 1.54) is 4.80 Å². The van der Waals surface area contributed by atoms with Crippen LogP contribution in [0.1, 0.15) is 57.8 Å². The number of rotatable bonds is 6. The molecule has 0 N–H and O–H groups in total. The molecule has 15 heteroatoms. The van der Waals surface area contributed by atoms with E-state index in [-0.39, 0.29) is 36.5 Å². The quantitative estimate of drug-likeness (QED) is 0.219. The molecule has 1 unspecified atom stereocenters. The first-order valence-corrected chi connectivity index (χ1v) is 13.6. The van der Waals surface area contributed by atoms with Crippen molar-refractivity contribution >= 4 is 24.0 Å². The lowest BCUT2D eigenvalue weighted by atomic mass is 9.95. The zero-order valence-corrected chi connectivity index (χ0v) is 24.3. The van der Waals surface area contributed by atoms with Gasteiger partial charge in [-0.3, -0.25) is 4.98 Å². The monoisotopic (exact) mass is 639 g/mol. The molecule has 8 nitrogen and oxygen atoms in total. The van der Waals surface area contributed by atoms with Crippen molar-refractivity contribution < 1.29 is 31.1 Å². The molecule has 2 aromatic heterocycles. The number of ether oxygens (including phenoxy) is 1. The largest absolute Gasteiger partial charge is 0.416 e. The molecule has 0 radical (unpaired) electrons. The van der Waals surface area contributed by atoms with Crippen molar-refractivity contribution in [3.05, 3.63) is 93.8 Å². The van der Waals surface area contributed by atoms with Gasteiger partial charge in [0.25, 0.3) is 5.95 Å². The van der Waals surface area contributed by atoms with Gasteiger partial charge < -0.3 is 14.5 Å². The molecule has 0 saturated carbocycles. The van der Waals surface area contributed by atoms with Gasteiger partial charge in [-0.1, -0.05) is 5.10 Å². The maximum Gasteiger partial charge on any atom is 0.416 e. The van der Waals surface area contributed by atoms with Crippen LogP contribution >= 0.6 is 12.4 Å². The maximum atomic E-state index is 13.7. The Morgan fingerprint density at radius 1 is 0.909 bits per heavy atom. The lowest BCUT2D eigenvalue weighted by Crippen LogP contribution is -2.30. The van der Waals surface area contributed by atoms with Crippen LogP contribution in [0.3, 0.4) is 0 Å². The molecule has 0 aliphatic carbocycles. The molecule has 0 bridgehead atoms. The highest BCUT2D eigenvalue weighted by Gasteiger charge is 2.38. The van der Waals surface area contributed by atoms with Gasteiger partial charge in [0.2, 0.25) is 0 Å². The third kappa shape index (κ3) is 6.60. The van der Waals surface area contributed by atoms with Gasteiger partial charge >= 0.3 is 12.4 Å². The number of hydrogen-bond acceptors (Lipinski definition) is 7. The Labute approximate surface area is 255 Å². The zero-order chi connectivity index (χ0) is 30.4. The summed E-state index contributed by atoms with van der Waals surface area (Å²) in [6, 6.07) is 9.13. The minimum Gasteiger partial charge on any atom is -0.372 e. The number of fused-ring (bicyclic) bond motifs is 2. The molecule has 2 aromatic carbocycles. The van der Waals surface area contributed by atoms with Gasteiger partial charge in [-0.05, 0) is 88.3 Å². The minimum absolute atomic E-state index is 0. The second kappa shape index (κ2) is 12.2. The summed E-state index contributed by atoms with van der Waals surface area (Å²) in [6.45, 7) is 1.82. The van der Waals surface area contributed by atoms with E-state index in [2.05, 4.69) is 31.4 Å². The van der Waals surface area contributed by atoms with Crippen LogP contribution in [-0.2, 0) is 50.4 Å². The Morgan fingerprint density at radius 2 is 1.57 bits per heavy atom. The van der Waals surface area contributed by atoms with Gasteiger partial charge in [-0.25, -0.2) is 0 Å². The van der Waals surface area contributed by atoms with Crippen LogP contribution in [0.4, 0.5) is 38.0 Å². The fourth-order valence-electron chi connectivity index (χ4n) is 5.74. The summed E-state index contributed by atoms with van der Waals surface area (Å²) in [4.78, 5) is 9.19. The number of hydrogen-bond donors (Lipinski definition) is 0. The molecule has 234 valence electrons. The summed E-state index contributed by atoms with van der Waals surface area (Å²) in [5.41, 5.74) is 1.94. The van der Waals surface area contributed by atoms with Gasteiger partial charge in [0, 0.05) is 37.7 Å². The summed E-state index contributed by atoms with van der Waals surface area (Å²) in [5, 5.41) is 12.4. The molecular weight excluding hydrogens is 612 g/mol. The van der Waals surface area contributed by atoms with Crippen LogP contribution in [-0.4, -0.2) is 31.7 Å². The Hall–Kier alpha value is -3.91. The summed E-state index contributed by atoms with van der Waals surface area (Å²) in [5.74, 6) is 0.101. The highest BCUT2D eigenvalue weighted by atomic mass is 35.5. The van der Waals surface area contributed by atoms with Crippen LogP contribution in [0.15, 0.2) is 54.9 Å². The molecule has 2 aliphatic heterocycles. The molecule has 0 spiro atoms. The predicted molar refractivity (Wildman–Crippen MR) is 151 cm³/mol. The van der Waals surface area contributed by atoms with Crippen LogP contribution in [0.2, 0.25) is 0 Å². The molecule has 4 aromatic rings. The number of tetrazole rings is 1. The topological polar surface area (TPSA) is 72.2 Å². The summed E-state index contributed by atoms with van der Waals surface area (Å²) in [6.07, 6.45) is -5.25. The van der Waals surface area contributed by atoms with Crippen molar-refractivity contribution in [3.63, 3.8) is 0 Å².